The van der Waals surface area contributed by atoms with Gasteiger partial charge in [-0.1, -0.05) is 18.5 Å². The molecule has 2 atom stereocenters. The van der Waals surface area contributed by atoms with Crippen molar-refractivity contribution in [1.29, 1.82) is 0 Å². The first-order valence-electron chi connectivity index (χ1n) is 10.9. The van der Waals surface area contributed by atoms with E-state index in [1.165, 1.54) is 0 Å². The molecular weight excluding hydrogens is 392 g/mol. The van der Waals surface area contributed by atoms with Crippen LogP contribution in [0, 0.1) is 5.92 Å². The van der Waals surface area contributed by atoms with Gasteiger partial charge in [0.1, 0.15) is 5.76 Å². The van der Waals surface area contributed by atoms with E-state index < -0.39 is 10.2 Å². The average Bonchev–Trinajstić information content (AvgIpc) is 3.44. The molecule has 1 amide bonds. The number of piperidine rings is 2. The lowest BCUT2D eigenvalue weighted by Crippen LogP contribution is -2.55. The Labute approximate surface area is 173 Å². The molecule has 3 heterocycles. The third kappa shape index (κ3) is 4.51. The molecule has 3 fully saturated rings. The molecule has 1 saturated carbocycles. The normalized spacial score (nSPS) is 27.8. The maximum absolute atomic E-state index is 13.1. The van der Waals surface area contributed by atoms with E-state index in [0.29, 0.717) is 50.0 Å². The third-order valence-corrected chi connectivity index (χ3v) is 8.82. The van der Waals surface area contributed by atoms with Crippen molar-refractivity contribution in [3.8, 4) is 0 Å². The highest BCUT2D eigenvalue weighted by Crippen LogP contribution is 2.40. The molecule has 0 spiro atoms. The molecule has 9 heteroatoms. The topological polar surface area (TPSA) is 95.8 Å². The zero-order valence-corrected chi connectivity index (χ0v) is 18.2. The molecule has 1 aromatic rings. The van der Waals surface area contributed by atoms with Crippen LogP contribution in [-0.2, 0) is 10.2 Å². The predicted molar refractivity (Wildman–Crippen MR) is 109 cm³/mol. The zero-order valence-electron chi connectivity index (χ0n) is 17.3. The summed E-state index contributed by atoms with van der Waals surface area (Å²) in [6, 6.07) is 1.52. The molecule has 162 valence electrons. The molecule has 0 radical (unpaired) electrons. The van der Waals surface area contributed by atoms with Gasteiger partial charge >= 0.3 is 0 Å². The van der Waals surface area contributed by atoms with Crippen molar-refractivity contribution in [3.05, 3.63) is 17.5 Å². The smallest absolute Gasteiger partial charge is 0.282 e. The van der Waals surface area contributed by atoms with E-state index in [0.717, 1.165) is 37.9 Å². The van der Waals surface area contributed by atoms with Crippen molar-refractivity contribution in [3.63, 3.8) is 0 Å². The predicted octanol–water partition coefficient (Wildman–Crippen LogP) is 2.50. The molecule has 3 aliphatic rings. The van der Waals surface area contributed by atoms with Gasteiger partial charge in [0, 0.05) is 43.7 Å². The van der Waals surface area contributed by atoms with Crippen LogP contribution in [0.2, 0.25) is 0 Å². The summed E-state index contributed by atoms with van der Waals surface area (Å²) < 4.78 is 34.7. The molecule has 1 aliphatic carbocycles. The molecule has 0 bridgehead atoms. The summed E-state index contributed by atoms with van der Waals surface area (Å²) in [6.07, 6.45) is 6.39. The van der Waals surface area contributed by atoms with Crippen LogP contribution in [0.1, 0.15) is 81.0 Å². The van der Waals surface area contributed by atoms with Crippen LogP contribution in [0.4, 0.5) is 0 Å². The highest BCUT2D eigenvalue weighted by Gasteiger charge is 2.39. The van der Waals surface area contributed by atoms with Gasteiger partial charge in [0.2, 0.25) is 0 Å². The largest absolute Gasteiger partial charge is 0.360 e. The van der Waals surface area contributed by atoms with Gasteiger partial charge in [0.15, 0.2) is 5.69 Å². The molecule has 0 aromatic carbocycles. The second kappa shape index (κ2) is 8.35. The number of nitrogens with one attached hydrogen (secondary N) is 1. The van der Waals surface area contributed by atoms with Crippen molar-refractivity contribution in [1.82, 2.24) is 19.1 Å². The number of hydrogen-bond acceptors (Lipinski definition) is 5. The number of carbonyl (C=O) groups is 1. The number of rotatable bonds is 6. The maximum atomic E-state index is 13.1. The molecule has 8 nitrogen and oxygen atoms in total. The maximum Gasteiger partial charge on any atom is 0.282 e. The van der Waals surface area contributed by atoms with E-state index >= 15 is 0 Å². The molecule has 0 unspecified atom stereocenters. The molecule has 4 rings (SSSR count). The Bertz CT molecular complexity index is 827. The van der Waals surface area contributed by atoms with Gasteiger partial charge in [-0.2, -0.15) is 17.0 Å². The first-order valence-corrected chi connectivity index (χ1v) is 12.3. The van der Waals surface area contributed by atoms with Crippen LogP contribution < -0.4 is 5.32 Å². The van der Waals surface area contributed by atoms with Crippen LogP contribution in [0.3, 0.4) is 0 Å². The van der Waals surface area contributed by atoms with Gasteiger partial charge in [0.25, 0.3) is 16.1 Å². The molecule has 1 N–H and O–H groups in total. The minimum atomic E-state index is -3.44. The second-order valence-corrected chi connectivity index (χ2v) is 10.7. The lowest BCUT2D eigenvalue weighted by Gasteiger charge is -2.41. The fourth-order valence-corrected chi connectivity index (χ4v) is 6.38. The van der Waals surface area contributed by atoms with E-state index in [9.17, 15) is 13.2 Å². The van der Waals surface area contributed by atoms with Crippen molar-refractivity contribution >= 4 is 16.1 Å². The lowest BCUT2D eigenvalue weighted by atomic mass is 9.96. The number of carbonyl (C=O) groups excluding carboxylic acids is 1. The van der Waals surface area contributed by atoms with Crippen LogP contribution in [0.5, 0.6) is 0 Å². The minimum Gasteiger partial charge on any atom is -0.360 e. The van der Waals surface area contributed by atoms with Gasteiger partial charge < -0.3 is 9.84 Å². The summed E-state index contributed by atoms with van der Waals surface area (Å²) in [7, 11) is -3.44. The van der Waals surface area contributed by atoms with Gasteiger partial charge in [-0.15, -0.1) is 0 Å². The Balaban J connectivity index is 1.32. The fraction of sp³-hybridized carbons (Fsp3) is 0.800. The van der Waals surface area contributed by atoms with Crippen LogP contribution >= 0.6 is 0 Å². The molecular formula is C20H32N4O4S. The number of aromatic nitrogens is 1. The van der Waals surface area contributed by atoms with E-state index in [1.54, 1.807) is 14.7 Å². The monoisotopic (exact) mass is 424 g/mol. The van der Waals surface area contributed by atoms with Crippen molar-refractivity contribution in [2.45, 2.75) is 76.8 Å². The zero-order chi connectivity index (χ0) is 20.6. The van der Waals surface area contributed by atoms with Gasteiger partial charge in [-0.25, -0.2) is 0 Å². The van der Waals surface area contributed by atoms with Crippen molar-refractivity contribution in [2.75, 3.05) is 19.6 Å². The van der Waals surface area contributed by atoms with E-state index in [4.69, 9.17) is 4.52 Å². The lowest BCUT2D eigenvalue weighted by molar-refractivity contribution is 0.0903. The molecule has 1 aromatic heterocycles. The summed E-state index contributed by atoms with van der Waals surface area (Å²) in [5, 5.41) is 6.90. The SMILES string of the molecule is CCC1CCN(S(=O)(=O)N2CC[C@H](NC(=O)c3cc(C4CC4)on3)C[C@@H]2C)CC1. The Morgan fingerprint density at radius 3 is 2.55 bits per heavy atom. The van der Waals surface area contributed by atoms with Gasteiger partial charge in [-0.3, -0.25) is 4.79 Å². The highest BCUT2D eigenvalue weighted by molar-refractivity contribution is 7.86. The van der Waals surface area contributed by atoms with E-state index in [1.807, 2.05) is 6.92 Å². The number of nitrogens with zero attached hydrogens (tertiary/aromatic N) is 3. The number of amides is 1. The summed E-state index contributed by atoms with van der Waals surface area (Å²) in [5.41, 5.74) is 0.313. The second-order valence-electron chi connectivity index (χ2n) is 8.80. The fourth-order valence-electron chi connectivity index (χ4n) is 4.54. The van der Waals surface area contributed by atoms with Crippen molar-refractivity contribution < 1.29 is 17.7 Å². The van der Waals surface area contributed by atoms with Gasteiger partial charge in [0.05, 0.1) is 0 Å². The Kier molecular flexibility index (Phi) is 5.99. The Morgan fingerprint density at radius 1 is 1.21 bits per heavy atom. The summed E-state index contributed by atoms with van der Waals surface area (Å²) in [6.45, 7) is 5.74. The summed E-state index contributed by atoms with van der Waals surface area (Å²) in [5.74, 6) is 1.60. The molecule has 2 saturated heterocycles. The quantitative estimate of drug-likeness (QED) is 0.757. The van der Waals surface area contributed by atoms with Crippen LogP contribution in [0.15, 0.2) is 10.6 Å². The Morgan fingerprint density at radius 2 is 1.93 bits per heavy atom. The summed E-state index contributed by atoms with van der Waals surface area (Å²) in [4.78, 5) is 12.5. The highest BCUT2D eigenvalue weighted by atomic mass is 32.2. The first-order chi connectivity index (χ1) is 13.9. The molecule has 2 aliphatic heterocycles. The van der Waals surface area contributed by atoms with E-state index in [-0.39, 0.29) is 18.0 Å². The Hall–Kier alpha value is -1.45. The van der Waals surface area contributed by atoms with Crippen molar-refractivity contribution in [2.24, 2.45) is 5.92 Å². The summed E-state index contributed by atoms with van der Waals surface area (Å²) >= 11 is 0. The van der Waals surface area contributed by atoms with E-state index in [2.05, 4.69) is 17.4 Å². The van der Waals surface area contributed by atoms with Gasteiger partial charge in [-0.05, 0) is 51.4 Å². The molecule has 29 heavy (non-hydrogen) atoms. The standard InChI is InChI=1S/C20H32N4O4S/c1-3-15-6-9-23(10-7-15)29(26,27)24-11-8-17(12-14(24)2)21-20(25)18-13-19(28-22-18)16-4-5-16/h13-17H,3-12H2,1-2H3,(H,21,25)/t14-,17-/m0/s1. The third-order valence-electron chi connectivity index (χ3n) is 6.66. The number of hydrogen-bond donors (Lipinski definition) is 1. The minimum absolute atomic E-state index is 0.0594. The van der Waals surface area contributed by atoms with Crippen LogP contribution in [0.25, 0.3) is 0 Å². The average molecular weight is 425 g/mol. The first kappa shape index (κ1) is 20.8. The van der Waals surface area contributed by atoms with Crippen LogP contribution in [-0.4, -0.2) is 59.8 Å².